The van der Waals surface area contributed by atoms with Gasteiger partial charge < -0.3 is 10.1 Å². The summed E-state index contributed by atoms with van der Waals surface area (Å²) in [6.45, 7) is 2.30. The van der Waals surface area contributed by atoms with Crippen LogP contribution in [0.25, 0.3) is 0 Å². The molecule has 25 heavy (non-hydrogen) atoms. The normalized spacial score (nSPS) is 11.4. The molecule has 1 amide bonds. The molecule has 0 aliphatic heterocycles. The van der Waals surface area contributed by atoms with Gasteiger partial charge in [0.05, 0.1) is 4.90 Å². The van der Waals surface area contributed by atoms with Crippen LogP contribution in [0.5, 0.6) is 5.75 Å². The van der Waals surface area contributed by atoms with Crippen LogP contribution in [0.2, 0.25) is 0 Å². The summed E-state index contributed by atoms with van der Waals surface area (Å²) in [6.07, 6.45) is 0. The number of carbonyl (C=O) groups excluding carboxylic acids is 1. The molecule has 0 aliphatic rings. The second kappa shape index (κ2) is 8.13. The summed E-state index contributed by atoms with van der Waals surface area (Å²) in [5.74, 6) is 0.190. The lowest BCUT2D eigenvalue weighted by Gasteiger charge is -2.12. The van der Waals surface area contributed by atoms with Crippen molar-refractivity contribution in [1.29, 1.82) is 0 Å². The van der Waals surface area contributed by atoms with Crippen LogP contribution >= 0.6 is 0 Å². The standard InChI is InChI=1S/C18H22N2O4S/c1-14-5-4-6-15(11-14)12-19-18(21)13-24-16-7-9-17(10-8-16)25(22,23)20(2)3/h4-11H,12-13H2,1-3H3,(H,19,21). The lowest BCUT2D eigenvalue weighted by Crippen LogP contribution is -2.28. The smallest absolute Gasteiger partial charge is 0.258 e. The predicted octanol–water partition coefficient (Wildman–Crippen LogP) is 1.94. The van der Waals surface area contributed by atoms with E-state index in [1.165, 1.54) is 38.4 Å². The Labute approximate surface area is 148 Å². The molecule has 134 valence electrons. The summed E-state index contributed by atoms with van der Waals surface area (Å²) in [5.41, 5.74) is 2.15. The molecule has 0 bridgehead atoms. The van der Waals surface area contributed by atoms with Crippen molar-refractivity contribution >= 4 is 15.9 Å². The molecule has 0 aliphatic carbocycles. The van der Waals surface area contributed by atoms with Crippen LogP contribution in [-0.2, 0) is 21.4 Å². The number of nitrogens with zero attached hydrogens (tertiary/aromatic N) is 1. The summed E-state index contributed by atoms with van der Waals surface area (Å²) in [6, 6.07) is 13.9. The number of sulfonamides is 1. The second-order valence-electron chi connectivity index (χ2n) is 5.81. The quantitative estimate of drug-likeness (QED) is 0.817. The first-order chi connectivity index (χ1) is 11.8. The number of hydrogen-bond acceptors (Lipinski definition) is 4. The van der Waals surface area contributed by atoms with Gasteiger partial charge >= 0.3 is 0 Å². The Morgan fingerprint density at radius 2 is 1.80 bits per heavy atom. The molecule has 7 heteroatoms. The van der Waals surface area contributed by atoms with E-state index in [2.05, 4.69) is 5.32 Å². The summed E-state index contributed by atoms with van der Waals surface area (Å²) in [5, 5.41) is 2.78. The number of carbonyl (C=O) groups is 1. The van der Waals surface area contributed by atoms with Crippen LogP contribution in [0.4, 0.5) is 0 Å². The molecule has 0 fully saturated rings. The number of amides is 1. The molecule has 2 rings (SSSR count). The molecule has 0 radical (unpaired) electrons. The number of aryl methyl sites for hydroxylation is 1. The highest BCUT2D eigenvalue weighted by molar-refractivity contribution is 7.89. The van der Waals surface area contributed by atoms with Gasteiger partial charge in [0.15, 0.2) is 6.61 Å². The minimum absolute atomic E-state index is 0.133. The van der Waals surface area contributed by atoms with Gasteiger partial charge in [-0.25, -0.2) is 12.7 Å². The Morgan fingerprint density at radius 1 is 1.12 bits per heavy atom. The fourth-order valence-corrected chi connectivity index (χ4v) is 3.04. The van der Waals surface area contributed by atoms with Gasteiger partial charge in [-0.1, -0.05) is 29.8 Å². The van der Waals surface area contributed by atoms with E-state index in [4.69, 9.17) is 4.74 Å². The fourth-order valence-electron chi connectivity index (χ4n) is 2.14. The third-order valence-electron chi connectivity index (χ3n) is 3.54. The lowest BCUT2D eigenvalue weighted by molar-refractivity contribution is -0.123. The number of nitrogens with one attached hydrogen (secondary N) is 1. The first-order valence-electron chi connectivity index (χ1n) is 7.76. The molecule has 2 aromatic rings. The third-order valence-corrected chi connectivity index (χ3v) is 5.37. The van der Waals surface area contributed by atoms with Gasteiger partial charge in [0.25, 0.3) is 5.91 Å². The predicted molar refractivity (Wildman–Crippen MR) is 95.8 cm³/mol. The fraction of sp³-hybridized carbons (Fsp3) is 0.278. The van der Waals surface area contributed by atoms with Crippen LogP contribution < -0.4 is 10.1 Å². The molecule has 0 unspecified atom stereocenters. The van der Waals surface area contributed by atoms with Crippen molar-refractivity contribution in [2.24, 2.45) is 0 Å². The molecule has 0 atom stereocenters. The van der Waals surface area contributed by atoms with Gasteiger partial charge in [0.2, 0.25) is 10.0 Å². The highest BCUT2D eigenvalue weighted by atomic mass is 32.2. The van der Waals surface area contributed by atoms with E-state index in [-0.39, 0.29) is 17.4 Å². The molecule has 6 nitrogen and oxygen atoms in total. The monoisotopic (exact) mass is 362 g/mol. The van der Waals surface area contributed by atoms with Crippen LogP contribution in [0.3, 0.4) is 0 Å². The maximum atomic E-state index is 12.0. The number of benzene rings is 2. The Morgan fingerprint density at radius 3 is 2.40 bits per heavy atom. The van der Waals surface area contributed by atoms with E-state index in [1.54, 1.807) is 0 Å². The summed E-state index contributed by atoms with van der Waals surface area (Å²) >= 11 is 0. The molecule has 0 saturated heterocycles. The van der Waals surface area contributed by atoms with E-state index < -0.39 is 10.0 Å². The van der Waals surface area contributed by atoms with Crippen molar-refractivity contribution < 1.29 is 17.9 Å². The number of rotatable bonds is 7. The summed E-state index contributed by atoms with van der Waals surface area (Å²) in [4.78, 5) is 12.0. The Bertz CT molecular complexity index is 830. The molecule has 0 heterocycles. The lowest BCUT2D eigenvalue weighted by atomic mass is 10.1. The molecular formula is C18H22N2O4S. The van der Waals surface area contributed by atoms with E-state index in [9.17, 15) is 13.2 Å². The van der Waals surface area contributed by atoms with Crippen molar-refractivity contribution in [3.8, 4) is 5.75 Å². The van der Waals surface area contributed by atoms with Crippen molar-refractivity contribution in [3.63, 3.8) is 0 Å². The van der Waals surface area contributed by atoms with Gasteiger partial charge in [-0.2, -0.15) is 0 Å². The first kappa shape index (κ1) is 19.0. The maximum Gasteiger partial charge on any atom is 0.258 e. The highest BCUT2D eigenvalue weighted by Gasteiger charge is 2.16. The minimum atomic E-state index is -3.47. The Hall–Kier alpha value is -2.38. The summed E-state index contributed by atoms with van der Waals surface area (Å²) in [7, 11) is -0.528. The van der Waals surface area contributed by atoms with Crippen LogP contribution in [0.1, 0.15) is 11.1 Å². The second-order valence-corrected chi connectivity index (χ2v) is 7.97. The van der Waals surface area contributed by atoms with Crippen molar-refractivity contribution in [2.45, 2.75) is 18.4 Å². The Balaban J connectivity index is 1.85. The zero-order chi connectivity index (χ0) is 18.4. The number of ether oxygens (including phenoxy) is 1. The first-order valence-corrected chi connectivity index (χ1v) is 9.20. The average molecular weight is 362 g/mol. The van der Waals surface area contributed by atoms with E-state index in [0.717, 1.165) is 15.4 Å². The van der Waals surface area contributed by atoms with Gasteiger partial charge in [0, 0.05) is 20.6 Å². The molecule has 2 aromatic carbocycles. The zero-order valence-corrected chi connectivity index (χ0v) is 15.3. The average Bonchev–Trinajstić information content (AvgIpc) is 2.58. The molecule has 0 saturated carbocycles. The van der Waals surface area contributed by atoms with E-state index in [1.807, 2.05) is 31.2 Å². The zero-order valence-electron chi connectivity index (χ0n) is 14.5. The summed E-state index contributed by atoms with van der Waals surface area (Å²) < 4.78 is 30.5. The van der Waals surface area contributed by atoms with Gasteiger partial charge in [-0.05, 0) is 36.8 Å². The van der Waals surface area contributed by atoms with Gasteiger partial charge in [-0.3, -0.25) is 4.79 Å². The molecule has 0 spiro atoms. The SMILES string of the molecule is Cc1cccc(CNC(=O)COc2ccc(S(=O)(=O)N(C)C)cc2)c1. The van der Waals surface area contributed by atoms with Gasteiger partial charge in [-0.15, -0.1) is 0 Å². The third kappa shape index (κ3) is 5.30. The van der Waals surface area contributed by atoms with Crippen molar-refractivity contribution in [1.82, 2.24) is 9.62 Å². The van der Waals surface area contributed by atoms with Crippen molar-refractivity contribution in [3.05, 3.63) is 59.7 Å². The topological polar surface area (TPSA) is 75.7 Å². The van der Waals surface area contributed by atoms with Crippen LogP contribution in [0.15, 0.2) is 53.4 Å². The van der Waals surface area contributed by atoms with Crippen LogP contribution in [-0.4, -0.2) is 39.3 Å². The molecular weight excluding hydrogens is 340 g/mol. The maximum absolute atomic E-state index is 12.0. The highest BCUT2D eigenvalue weighted by Crippen LogP contribution is 2.18. The molecule has 1 N–H and O–H groups in total. The van der Waals surface area contributed by atoms with E-state index >= 15 is 0 Å². The van der Waals surface area contributed by atoms with E-state index in [0.29, 0.717) is 12.3 Å². The largest absolute Gasteiger partial charge is 0.484 e. The van der Waals surface area contributed by atoms with Crippen molar-refractivity contribution in [2.75, 3.05) is 20.7 Å². The Kier molecular flexibility index (Phi) is 6.17. The van der Waals surface area contributed by atoms with Crippen LogP contribution in [0, 0.1) is 6.92 Å². The van der Waals surface area contributed by atoms with Gasteiger partial charge in [0.1, 0.15) is 5.75 Å². The number of hydrogen-bond donors (Lipinski definition) is 1. The molecule has 0 aromatic heterocycles. The minimum Gasteiger partial charge on any atom is -0.484 e.